The van der Waals surface area contributed by atoms with Crippen molar-refractivity contribution in [2.75, 3.05) is 33.4 Å². The molecule has 0 aromatic heterocycles. The molecule has 1 fully saturated rings. The van der Waals surface area contributed by atoms with E-state index in [1.165, 1.54) is 0 Å². The molecule has 0 saturated carbocycles. The largest absolute Gasteiger partial charge is 0.491 e. The molecule has 1 aliphatic rings. The van der Waals surface area contributed by atoms with Crippen molar-refractivity contribution in [2.45, 2.75) is 12.8 Å². The summed E-state index contributed by atoms with van der Waals surface area (Å²) in [5.74, 6) is -0.751. The number of piperidine rings is 1. The van der Waals surface area contributed by atoms with Gasteiger partial charge in [0.05, 0.1) is 12.5 Å². The molecule has 1 aliphatic heterocycles. The third-order valence-electron chi connectivity index (χ3n) is 3.72. The average Bonchev–Trinajstić information content (AvgIpc) is 2.55. The summed E-state index contributed by atoms with van der Waals surface area (Å²) in [6.45, 7) is 1.84. The van der Waals surface area contributed by atoms with Crippen molar-refractivity contribution in [3.05, 3.63) is 29.8 Å². The number of methoxy groups -OCH3 is 1. The number of carbonyl (C=O) groups excluding carboxylic acids is 1. The number of carboxylic acids is 1. The van der Waals surface area contributed by atoms with E-state index in [2.05, 4.69) is 0 Å². The van der Waals surface area contributed by atoms with Gasteiger partial charge in [0.25, 0.3) is 5.91 Å². The number of rotatable bonds is 6. The molecular formula is C16H21NO5. The molecule has 2 rings (SSSR count). The van der Waals surface area contributed by atoms with Crippen molar-refractivity contribution >= 4 is 11.9 Å². The third kappa shape index (κ3) is 4.21. The Kier molecular flexibility index (Phi) is 5.77. The lowest BCUT2D eigenvalue weighted by Crippen LogP contribution is -2.42. The van der Waals surface area contributed by atoms with Crippen LogP contribution in [0.3, 0.4) is 0 Å². The fourth-order valence-electron chi connectivity index (χ4n) is 2.48. The molecule has 0 spiro atoms. The number of carboxylic acid groups (broad SMARTS) is 1. The van der Waals surface area contributed by atoms with Crippen LogP contribution in [0.2, 0.25) is 0 Å². The first-order valence-corrected chi connectivity index (χ1v) is 7.35. The quantitative estimate of drug-likeness (QED) is 0.809. The van der Waals surface area contributed by atoms with Gasteiger partial charge in [-0.1, -0.05) is 0 Å². The number of carbonyl (C=O) groups is 2. The van der Waals surface area contributed by atoms with E-state index in [0.29, 0.717) is 37.5 Å². The second-order valence-electron chi connectivity index (χ2n) is 5.29. The molecule has 6 heteroatoms. The van der Waals surface area contributed by atoms with Gasteiger partial charge in [0.1, 0.15) is 12.4 Å². The monoisotopic (exact) mass is 307 g/mol. The van der Waals surface area contributed by atoms with Gasteiger partial charge < -0.3 is 19.5 Å². The first-order chi connectivity index (χ1) is 10.6. The molecule has 1 aromatic rings. The Balaban J connectivity index is 1.95. The third-order valence-corrected chi connectivity index (χ3v) is 3.72. The number of nitrogens with zero attached hydrogens (tertiary/aromatic N) is 1. The predicted octanol–water partition coefficient (Wildman–Crippen LogP) is 1.65. The Morgan fingerprint density at radius 2 is 2.00 bits per heavy atom. The van der Waals surface area contributed by atoms with Crippen LogP contribution in [0, 0.1) is 5.92 Å². The SMILES string of the molecule is COCCOc1ccc(C(=O)N2CCC[C@@H](C(=O)O)C2)cc1. The zero-order valence-electron chi connectivity index (χ0n) is 12.7. The summed E-state index contributed by atoms with van der Waals surface area (Å²) in [5, 5.41) is 9.08. The van der Waals surface area contributed by atoms with E-state index in [1.54, 1.807) is 36.3 Å². The smallest absolute Gasteiger partial charge is 0.308 e. The Morgan fingerprint density at radius 1 is 1.27 bits per heavy atom. The highest BCUT2D eigenvalue weighted by atomic mass is 16.5. The number of benzene rings is 1. The molecule has 0 radical (unpaired) electrons. The fourth-order valence-corrected chi connectivity index (χ4v) is 2.48. The summed E-state index contributed by atoms with van der Waals surface area (Å²) < 4.78 is 10.3. The number of hydrogen-bond acceptors (Lipinski definition) is 4. The van der Waals surface area contributed by atoms with E-state index in [4.69, 9.17) is 14.6 Å². The predicted molar refractivity (Wildman–Crippen MR) is 80.1 cm³/mol. The zero-order chi connectivity index (χ0) is 15.9. The lowest BCUT2D eigenvalue weighted by Gasteiger charge is -2.30. The molecule has 1 amide bonds. The number of likely N-dealkylation sites (tertiary alicyclic amines) is 1. The van der Waals surface area contributed by atoms with E-state index in [1.807, 2.05) is 0 Å². The van der Waals surface area contributed by atoms with Crippen LogP contribution in [0.4, 0.5) is 0 Å². The van der Waals surface area contributed by atoms with Crippen LogP contribution in [-0.2, 0) is 9.53 Å². The van der Waals surface area contributed by atoms with Crippen LogP contribution in [0.25, 0.3) is 0 Å². The number of aliphatic carboxylic acids is 1. The van der Waals surface area contributed by atoms with Crippen LogP contribution >= 0.6 is 0 Å². The van der Waals surface area contributed by atoms with Crippen LogP contribution in [-0.4, -0.2) is 55.3 Å². The van der Waals surface area contributed by atoms with Crippen LogP contribution in [0.5, 0.6) is 5.75 Å². The Morgan fingerprint density at radius 3 is 2.64 bits per heavy atom. The van der Waals surface area contributed by atoms with E-state index in [0.717, 1.165) is 6.42 Å². The highest BCUT2D eigenvalue weighted by Gasteiger charge is 2.28. The van der Waals surface area contributed by atoms with Crippen molar-refractivity contribution < 1.29 is 24.2 Å². The van der Waals surface area contributed by atoms with Gasteiger partial charge in [0, 0.05) is 25.8 Å². The average molecular weight is 307 g/mol. The van der Waals surface area contributed by atoms with E-state index in [9.17, 15) is 9.59 Å². The minimum Gasteiger partial charge on any atom is -0.491 e. The second kappa shape index (κ2) is 7.79. The van der Waals surface area contributed by atoms with Crippen molar-refractivity contribution in [1.82, 2.24) is 4.90 Å². The summed E-state index contributed by atoms with van der Waals surface area (Å²) in [5.41, 5.74) is 0.546. The highest BCUT2D eigenvalue weighted by Crippen LogP contribution is 2.20. The molecule has 1 N–H and O–H groups in total. The van der Waals surface area contributed by atoms with Gasteiger partial charge in [-0.15, -0.1) is 0 Å². The summed E-state index contributed by atoms with van der Waals surface area (Å²) in [7, 11) is 1.61. The summed E-state index contributed by atoms with van der Waals surface area (Å²) >= 11 is 0. The first kappa shape index (κ1) is 16.3. The molecule has 1 aromatic carbocycles. The molecule has 120 valence electrons. The number of ether oxygens (including phenoxy) is 2. The lowest BCUT2D eigenvalue weighted by molar-refractivity contribution is -0.143. The Labute approximate surface area is 129 Å². The Hall–Kier alpha value is -2.08. The number of hydrogen-bond donors (Lipinski definition) is 1. The molecule has 1 heterocycles. The van der Waals surface area contributed by atoms with E-state index >= 15 is 0 Å². The summed E-state index contributed by atoms with van der Waals surface area (Å²) in [6, 6.07) is 6.88. The normalized spacial score (nSPS) is 18.0. The second-order valence-corrected chi connectivity index (χ2v) is 5.29. The van der Waals surface area contributed by atoms with Crippen molar-refractivity contribution in [1.29, 1.82) is 0 Å². The maximum atomic E-state index is 12.4. The molecule has 0 aliphatic carbocycles. The minimum absolute atomic E-state index is 0.130. The molecule has 0 bridgehead atoms. The summed E-state index contributed by atoms with van der Waals surface area (Å²) in [4.78, 5) is 25.1. The van der Waals surface area contributed by atoms with Gasteiger partial charge in [-0.2, -0.15) is 0 Å². The maximum absolute atomic E-state index is 12.4. The van der Waals surface area contributed by atoms with Gasteiger partial charge in [-0.3, -0.25) is 9.59 Å². The standard InChI is InChI=1S/C16H21NO5/c1-21-9-10-22-14-6-4-12(5-7-14)15(18)17-8-2-3-13(11-17)16(19)20/h4-7,13H,2-3,8-11H2,1H3,(H,19,20)/t13-/m1/s1. The molecule has 1 saturated heterocycles. The van der Waals surface area contributed by atoms with Crippen molar-refractivity contribution in [3.63, 3.8) is 0 Å². The fraction of sp³-hybridized carbons (Fsp3) is 0.500. The van der Waals surface area contributed by atoms with Gasteiger partial charge in [0.2, 0.25) is 0 Å². The van der Waals surface area contributed by atoms with Gasteiger partial charge in [-0.05, 0) is 37.1 Å². The minimum atomic E-state index is -0.834. The summed E-state index contributed by atoms with van der Waals surface area (Å²) in [6.07, 6.45) is 1.35. The van der Waals surface area contributed by atoms with Crippen LogP contribution in [0.15, 0.2) is 24.3 Å². The maximum Gasteiger partial charge on any atom is 0.308 e. The van der Waals surface area contributed by atoms with Gasteiger partial charge in [-0.25, -0.2) is 0 Å². The molecule has 6 nitrogen and oxygen atoms in total. The van der Waals surface area contributed by atoms with Crippen LogP contribution in [0.1, 0.15) is 23.2 Å². The van der Waals surface area contributed by atoms with Gasteiger partial charge in [0.15, 0.2) is 0 Å². The van der Waals surface area contributed by atoms with E-state index < -0.39 is 11.9 Å². The molecular weight excluding hydrogens is 286 g/mol. The number of amides is 1. The van der Waals surface area contributed by atoms with E-state index in [-0.39, 0.29) is 12.5 Å². The molecule has 0 unspecified atom stereocenters. The lowest BCUT2D eigenvalue weighted by atomic mass is 9.97. The van der Waals surface area contributed by atoms with Crippen molar-refractivity contribution in [2.24, 2.45) is 5.92 Å². The topological polar surface area (TPSA) is 76.1 Å². The molecule has 1 atom stereocenters. The van der Waals surface area contributed by atoms with Crippen molar-refractivity contribution in [3.8, 4) is 5.75 Å². The zero-order valence-corrected chi connectivity index (χ0v) is 12.7. The van der Waals surface area contributed by atoms with Crippen LogP contribution < -0.4 is 4.74 Å². The highest BCUT2D eigenvalue weighted by molar-refractivity contribution is 5.94. The van der Waals surface area contributed by atoms with Gasteiger partial charge >= 0.3 is 5.97 Å². The Bertz CT molecular complexity index is 514. The first-order valence-electron chi connectivity index (χ1n) is 7.35. The molecule has 22 heavy (non-hydrogen) atoms.